The van der Waals surface area contributed by atoms with Crippen molar-refractivity contribution in [3.63, 3.8) is 0 Å². The molecule has 1 aromatic carbocycles. The largest absolute Gasteiger partial charge is 0.375 e. The van der Waals surface area contributed by atoms with Crippen LogP contribution in [0.3, 0.4) is 0 Å². The van der Waals surface area contributed by atoms with Crippen LogP contribution in [0.25, 0.3) is 0 Å². The lowest BCUT2D eigenvalue weighted by atomic mass is 10.3. The molecule has 1 heterocycles. The smallest absolute Gasteiger partial charge is 0.267 e. The molecule has 0 aliphatic rings. The molecular formula is C11H9F2N3OS. The van der Waals surface area contributed by atoms with E-state index in [-0.39, 0.29) is 15.7 Å². The average Bonchev–Trinajstić information content (AvgIpc) is 2.63. The Morgan fingerprint density at radius 2 is 2.17 bits per heavy atom. The summed E-state index contributed by atoms with van der Waals surface area (Å²) in [5, 5.41) is 2.53. The van der Waals surface area contributed by atoms with Gasteiger partial charge in [0.2, 0.25) is 0 Å². The van der Waals surface area contributed by atoms with Gasteiger partial charge < -0.3 is 11.1 Å². The Hall–Kier alpha value is -2.02. The van der Waals surface area contributed by atoms with Gasteiger partial charge in [0, 0.05) is 6.07 Å². The first-order valence-electron chi connectivity index (χ1n) is 4.96. The fourth-order valence-corrected chi connectivity index (χ4v) is 2.13. The molecule has 0 saturated carbocycles. The molecule has 0 atom stereocenters. The molecule has 0 bridgehead atoms. The molecule has 0 unspecified atom stereocenters. The molecule has 0 aliphatic heterocycles. The van der Waals surface area contributed by atoms with E-state index in [1.54, 1.807) is 6.92 Å². The minimum absolute atomic E-state index is 0.216. The zero-order chi connectivity index (χ0) is 13.3. The van der Waals surface area contributed by atoms with Crippen molar-refractivity contribution in [2.45, 2.75) is 6.92 Å². The first kappa shape index (κ1) is 12.4. The van der Waals surface area contributed by atoms with E-state index < -0.39 is 17.5 Å². The summed E-state index contributed by atoms with van der Waals surface area (Å²) in [6.07, 6.45) is 0. The van der Waals surface area contributed by atoms with Gasteiger partial charge in [-0.25, -0.2) is 13.8 Å². The fraction of sp³-hybridized carbons (Fsp3) is 0.0909. The summed E-state index contributed by atoms with van der Waals surface area (Å²) in [5.41, 5.74) is 5.69. The Bertz CT molecular complexity index is 612. The number of hydrogen-bond donors (Lipinski definition) is 2. The van der Waals surface area contributed by atoms with Gasteiger partial charge >= 0.3 is 0 Å². The van der Waals surface area contributed by atoms with Crippen LogP contribution < -0.4 is 11.1 Å². The van der Waals surface area contributed by atoms with Gasteiger partial charge in [-0.05, 0) is 19.1 Å². The molecule has 0 fully saturated rings. The fourth-order valence-electron chi connectivity index (χ4n) is 1.40. The van der Waals surface area contributed by atoms with Crippen LogP contribution in [0, 0.1) is 18.6 Å². The lowest BCUT2D eigenvalue weighted by Crippen LogP contribution is -2.12. The van der Waals surface area contributed by atoms with Crippen molar-refractivity contribution < 1.29 is 13.6 Å². The predicted molar refractivity (Wildman–Crippen MR) is 65.6 cm³/mol. The van der Waals surface area contributed by atoms with Crippen LogP contribution in [-0.2, 0) is 0 Å². The second-order valence-corrected chi connectivity index (χ2v) is 4.58. The molecule has 4 nitrogen and oxygen atoms in total. The molecule has 0 saturated heterocycles. The van der Waals surface area contributed by atoms with Crippen molar-refractivity contribution in [3.05, 3.63) is 40.4 Å². The molecule has 0 radical (unpaired) electrons. The molecule has 7 heteroatoms. The van der Waals surface area contributed by atoms with E-state index in [1.165, 1.54) is 0 Å². The Morgan fingerprint density at radius 1 is 1.44 bits per heavy atom. The molecule has 1 amide bonds. The van der Waals surface area contributed by atoms with Gasteiger partial charge in [-0.3, -0.25) is 4.79 Å². The number of anilines is 2. The first-order chi connectivity index (χ1) is 8.47. The van der Waals surface area contributed by atoms with Crippen LogP contribution in [-0.4, -0.2) is 10.9 Å². The number of aryl methyl sites for hydroxylation is 1. The number of hydrogen-bond acceptors (Lipinski definition) is 4. The van der Waals surface area contributed by atoms with E-state index in [9.17, 15) is 13.6 Å². The number of rotatable bonds is 2. The topological polar surface area (TPSA) is 68.0 Å². The van der Waals surface area contributed by atoms with Crippen molar-refractivity contribution in [3.8, 4) is 0 Å². The second-order valence-electron chi connectivity index (χ2n) is 3.54. The number of aromatic nitrogens is 1. The quantitative estimate of drug-likeness (QED) is 0.880. The van der Waals surface area contributed by atoms with Gasteiger partial charge in [0.05, 0.1) is 11.4 Å². The van der Waals surface area contributed by atoms with Crippen LogP contribution in [0.5, 0.6) is 0 Å². The number of amides is 1. The van der Waals surface area contributed by atoms with Crippen molar-refractivity contribution in [2.75, 3.05) is 11.1 Å². The highest BCUT2D eigenvalue weighted by Gasteiger charge is 2.16. The van der Waals surface area contributed by atoms with E-state index in [0.717, 1.165) is 29.5 Å². The van der Waals surface area contributed by atoms with Gasteiger partial charge in [0.25, 0.3) is 5.91 Å². The van der Waals surface area contributed by atoms with Crippen LogP contribution in [0.1, 0.15) is 15.4 Å². The number of halogens is 2. The lowest BCUT2D eigenvalue weighted by molar-refractivity contribution is 0.102. The molecule has 1 aromatic heterocycles. The summed E-state index contributed by atoms with van der Waals surface area (Å²) in [7, 11) is 0. The minimum Gasteiger partial charge on any atom is -0.375 e. The number of nitrogens with zero attached hydrogens (tertiary/aromatic N) is 1. The van der Waals surface area contributed by atoms with E-state index in [4.69, 9.17) is 5.73 Å². The second kappa shape index (κ2) is 4.69. The van der Waals surface area contributed by atoms with Crippen molar-refractivity contribution in [1.29, 1.82) is 0 Å². The van der Waals surface area contributed by atoms with E-state index in [1.807, 2.05) is 0 Å². The third kappa shape index (κ3) is 2.45. The number of thiazole rings is 1. The SMILES string of the molecule is Cc1nc(N)sc1C(=O)Nc1cc(F)ccc1F. The van der Waals surface area contributed by atoms with Crippen molar-refractivity contribution in [1.82, 2.24) is 4.98 Å². The molecule has 18 heavy (non-hydrogen) atoms. The van der Waals surface area contributed by atoms with Gasteiger partial charge in [-0.2, -0.15) is 0 Å². The van der Waals surface area contributed by atoms with E-state index in [0.29, 0.717) is 5.69 Å². The highest BCUT2D eigenvalue weighted by molar-refractivity contribution is 7.17. The molecule has 94 valence electrons. The Morgan fingerprint density at radius 3 is 2.78 bits per heavy atom. The molecule has 2 aromatic rings. The third-order valence-corrected chi connectivity index (χ3v) is 3.18. The number of carbonyl (C=O) groups excluding carboxylic acids is 1. The minimum atomic E-state index is -0.708. The summed E-state index contributed by atoms with van der Waals surface area (Å²) < 4.78 is 26.3. The molecule has 0 aliphatic carbocycles. The highest BCUT2D eigenvalue weighted by Crippen LogP contribution is 2.22. The number of nitrogens with one attached hydrogen (secondary N) is 1. The van der Waals surface area contributed by atoms with Crippen molar-refractivity contribution >= 4 is 28.1 Å². The van der Waals surface area contributed by atoms with E-state index in [2.05, 4.69) is 10.3 Å². The van der Waals surface area contributed by atoms with Crippen LogP contribution in [0.15, 0.2) is 18.2 Å². The van der Waals surface area contributed by atoms with Crippen molar-refractivity contribution in [2.24, 2.45) is 0 Å². The predicted octanol–water partition coefficient (Wildman–Crippen LogP) is 2.56. The number of carbonyl (C=O) groups is 1. The lowest BCUT2D eigenvalue weighted by Gasteiger charge is -2.05. The molecular weight excluding hydrogens is 260 g/mol. The van der Waals surface area contributed by atoms with Gasteiger partial charge in [-0.15, -0.1) is 0 Å². The zero-order valence-corrected chi connectivity index (χ0v) is 10.1. The third-order valence-electron chi connectivity index (χ3n) is 2.20. The molecule has 0 spiro atoms. The summed E-state index contributed by atoms with van der Waals surface area (Å²) >= 11 is 0.990. The normalized spacial score (nSPS) is 10.4. The monoisotopic (exact) mass is 269 g/mol. The van der Waals surface area contributed by atoms with Crippen LogP contribution >= 0.6 is 11.3 Å². The van der Waals surface area contributed by atoms with Gasteiger partial charge in [-0.1, -0.05) is 11.3 Å². The van der Waals surface area contributed by atoms with E-state index >= 15 is 0 Å². The molecule has 2 rings (SSSR count). The summed E-state index contributed by atoms with van der Waals surface area (Å²) in [6.45, 7) is 1.61. The average molecular weight is 269 g/mol. The highest BCUT2D eigenvalue weighted by atomic mass is 32.1. The number of nitrogen functional groups attached to an aromatic ring is 1. The maximum Gasteiger partial charge on any atom is 0.267 e. The summed E-state index contributed by atoms with van der Waals surface area (Å²) in [6, 6.07) is 2.83. The zero-order valence-electron chi connectivity index (χ0n) is 9.33. The Labute approximate surface area is 105 Å². The number of benzene rings is 1. The molecule has 3 N–H and O–H groups in total. The summed E-state index contributed by atoms with van der Waals surface area (Å²) in [5.74, 6) is -1.90. The maximum absolute atomic E-state index is 13.3. The standard InChI is InChI=1S/C11H9F2N3OS/c1-5-9(18-11(14)15-5)10(17)16-8-4-6(12)2-3-7(8)13/h2-4H,1H3,(H2,14,15)(H,16,17). The van der Waals surface area contributed by atoms with Gasteiger partial charge in [0.15, 0.2) is 5.13 Å². The Kier molecular flexibility index (Phi) is 3.24. The van der Waals surface area contributed by atoms with Crippen LogP contribution in [0.4, 0.5) is 19.6 Å². The summed E-state index contributed by atoms with van der Waals surface area (Å²) in [4.78, 5) is 16.0. The first-order valence-corrected chi connectivity index (χ1v) is 5.78. The number of nitrogens with two attached hydrogens (primary N) is 1. The van der Waals surface area contributed by atoms with Gasteiger partial charge in [0.1, 0.15) is 16.5 Å². The van der Waals surface area contributed by atoms with Crippen LogP contribution in [0.2, 0.25) is 0 Å². The maximum atomic E-state index is 13.3. The Balaban J connectivity index is 2.26.